The second kappa shape index (κ2) is 12.1. The Bertz CT molecular complexity index is 1690. The minimum atomic E-state index is -1.04. The van der Waals surface area contributed by atoms with Gasteiger partial charge in [0, 0.05) is 29.2 Å². The number of carboxylic acids is 1. The van der Waals surface area contributed by atoms with Crippen LogP contribution in [-0.4, -0.2) is 58.6 Å². The lowest BCUT2D eigenvalue weighted by molar-refractivity contribution is -0.122. The largest absolute Gasteiger partial charge is 0.496 e. The van der Waals surface area contributed by atoms with Crippen LogP contribution < -0.4 is 14.2 Å². The van der Waals surface area contributed by atoms with Crippen molar-refractivity contribution in [2.24, 2.45) is 0 Å². The maximum Gasteiger partial charge on any atom is 0.335 e. The summed E-state index contributed by atoms with van der Waals surface area (Å²) in [6.45, 7) is 2.76. The van der Waals surface area contributed by atoms with Gasteiger partial charge in [-0.2, -0.15) is 0 Å². The summed E-state index contributed by atoms with van der Waals surface area (Å²) in [5, 5.41) is 10.3. The first-order valence-electron chi connectivity index (χ1n) is 12.8. The minimum Gasteiger partial charge on any atom is -0.496 e. The van der Waals surface area contributed by atoms with Gasteiger partial charge in [0.05, 0.1) is 31.3 Å². The second-order valence-corrected chi connectivity index (χ2v) is 11.1. The summed E-state index contributed by atoms with van der Waals surface area (Å²) >= 11 is 6.79. The third kappa shape index (κ3) is 5.94. The number of aromatic nitrogens is 1. The summed E-state index contributed by atoms with van der Waals surface area (Å²) in [5.74, 6) is 0.322. The molecule has 1 saturated heterocycles. The Morgan fingerprint density at radius 1 is 1.05 bits per heavy atom. The van der Waals surface area contributed by atoms with Crippen molar-refractivity contribution in [2.45, 2.75) is 13.3 Å². The molecule has 4 aromatic rings. The van der Waals surface area contributed by atoms with E-state index in [1.54, 1.807) is 18.1 Å². The molecule has 2 heterocycles. The first-order chi connectivity index (χ1) is 19.8. The summed E-state index contributed by atoms with van der Waals surface area (Å²) in [4.78, 5) is 29.8. The number of methoxy groups -OCH3 is 2. The van der Waals surface area contributed by atoms with Crippen molar-refractivity contribution in [3.63, 3.8) is 0 Å². The number of aromatic carboxylic acids is 1. The fourth-order valence-electron chi connectivity index (χ4n) is 4.64. The summed E-state index contributed by atoms with van der Waals surface area (Å²) in [5.41, 5.74) is 5.18. The molecule has 0 atom stereocenters. The molecule has 0 saturated carbocycles. The van der Waals surface area contributed by atoms with Crippen molar-refractivity contribution >= 4 is 57.2 Å². The zero-order chi connectivity index (χ0) is 29.1. The summed E-state index contributed by atoms with van der Waals surface area (Å²) in [6.07, 6.45) is 4.37. The number of carboxylic acid groups (broad SMARTS) is 1. The molecule has 0 radical (unpaired) electrons. The van der Waals surface area contributed by atoms with E-state index in [1.165, 1.54) is 36.6 Å². The Hall–Kier alpha value is -4.28. The molecule has 0 aliphatic carbocycles. The molecule has 1 aliphatic heterocycles. The topological polar surface area (TPSA) is 101 Å². The number of carbonyl (C=O) groups excluding carboxylic acids is 1. The van der Waals surface area contributed by atoms with Crippen LogP contribution >= 0.6 is 24.0 Å². The van der Waals surface area contributed by atoms with Crippen LogP contribution in [0.2, 0.25) is 0 Å². The van der Waals surface area contributed by atoms with Gasteiger partial charge in [-0.1, -0.05) is 36.1 Å². The lowest BCUT2D eigenvalue weighted by Crippen LogP contribution is -2.29. The van der Waals surface area contributed by atoms with Crippen molar-refractivity contribution in [1.29, 1.82) is 0 Å². The summed E-state index contributed by atoms with van der Waals surface area (Å²) in [7, 11) is 3.10. The molecular weight excluding hydrogens is 560 g/mol. The SMILES string of the molecule is COc1cc(C(=O)O)ccc1OCCCN1C(=O)/C(=C/c2ccc(OC)c(-c3ccc4[nH]cc(C)c4c3)c2)SC1=S. The molecule has 1 fully saturated rings. The average Bonchev–Trinajstić information content (AvgIpc) is 3.48. The number of ether oxygens (including phenoxy) is 3. The van der Waals surface area contributed by atoms with Gasteiger partial charge >= 0.3 is 5.97 Å². The van der Waals surface area contributed by atoms with Crippen molar-refractivity contribution in [3.05, 3.63) is 82.4 Å². The van der Waals surface area contributed by atoms with Gasteiger partial charge < -0.3 is 24.3 Å². The van der Waals surface area contributed by atoms with E-state index in [4.69, 9.17) is 31.5 Å². The molecule has 2 N–H and O–H groups in total. The number of aryl methyl sites for hydroxylation is 1. The standard InChI is InChI=1S/C31H28N2O6S2/c1-18-17-32-24-8-6-20(15-22(18)24)23-13-19(5-9-25(23)37-2)14-28-29(34)33(31(40)41-28)11-4-12-39-26-10-7-21(30(35)36)16-27(26)38-3/h5-10,13-17,32H,4,11-12H2,1-3H3,(H,35,36)/b28-14-. The quantitative estimate of drug-likeness (QED) is 0.123. The van der Waals surface area contributed by atoms with Crippen LogP contribution in [0.4, 0.5) is 0 Å². The highest BCUT2D eigenvalue weighted by molar-refractivity contribution is 8.26. The van der Waals surface area contributed by atoms with Gasteiger partial charge in [0.1, 0.15) is 10.1 Å². The Balaban J connectivity index is 1.27. The lowest BCUT2D eigenvalue weighted by atomic mass is 9.99. The average molecular weight is 589 g/mol. The number of carbonyl (C=O) groups is 2. The van der Waals surface area contributed by atoms with Gasteiger partial charge in [0.25, 0.3) is 5.91 Å². The number of rotatable bonds is 10. The molecule has 1 aromatic heterocycles. The highest BCUT2D eigenvalue weighted by atomic mass is 32.2. The summed E-state index contributed by atoms with van der Waals surface area (Å²) < 4.78 is 17.2. The lowest BCUT2D eigenvalue weighted by Gasteiger charge is -2.15. The number of hydrogen-bond acceptors (Lipinski definition) is 7. The maximum absolute atomic E-state index is 13.2. The Morgan fingerprint density at radius 2 is 1.83 bits per heavy atom. The van der Waals surface area contributed by atoms with Crippen LogP contribution in [0.5, 0.6) is 17.2 Å². The highest BCUT2D eigenvalue weighted by Gasteiger charge is 2.31. The zero-order valence-corrected chi connectivity index (χ0v) is 24.4. The Labute approximate surface area is 246 Å². The molecule has 1 aliphatic rings. The molecular formula is C31H28N2O6S2. The monoisotopic (exact) mass is 588 g/mol. The number of hydrogen-bond donors (Lipinski definition) is 2. The number of nitrogens with one attached hydrogen (secondary N) is 1. The van der Waals surface area contributed by atoms with E-state index in [1.807, 2.05) is 30.5 Å². The van der Waals surface area contributed by atoms with Crippen LogP contribution in [0.15, 0.2) is 65.7 Å². The van der Waals surface area contributed by atoms with Crippen LogP contribution in [0, 0.1) is 6.92 Å². The number of fused-ring (bicyclic) bond motifs is 1. The van der Waals surface area contributed by atoms with Crippen LogP contribution in [0.1, 0.15) is 27.9 Å². The first-order valence-corrected chi connectivity index (χ1v) is 14.1. The Kier molecular flexibility index (Phi) is 8.32. The molecule has 5 rings (SSSR count). The third-order valence-corrected chi connectivity index (χ3v) is 8.17. The second-order valence-electron chi connectivity index (χ2n) is 9.40. The van der Waals surface area contributed by atoms with E-state index in [9.17, 15) is 9.59 Å². The number of benzene rings is 3. The number of thiocarbonyl (C=S) groups is 1. The molecule has 3 aromatic carbocycles. The predicted octanol–water partition coefficient (Wildman–Crippen LogP) is 6.53. The molecule has 210 valence electrons. The molecule has 10 heteroatoms. The third-order valence-electron chi connectivity index (χ3n) is 6.79. The van der Waals surface area contributed by atoms with Gasteiger partial charge in [-0.15, -0.1) is 0 Å². The molecule has 1 amide bonds. The first kappa shape index (κ1) is 28.3. The predicted molar refractivity (Wildman–Crippen MR) is 165 cm³/mol. The highest BCUT2D eigenvalue weighted by Crippen LogP contribution is 2.37. The van der Waals surface area contributed by atoms with Crippen LogP contribution in [0.3, 0.4) is 0 Å². The fourth-order valence-corrected chi connectivity index (χ4v) is 5.95. The van der Waals surface area contributed by atoms with Gasteiger partial charge in [0.2, 0.25) is 0 Å². The fraction of sp³-hybridized carbons (Fsp3) is 0.194. The minimum absolute atomic E-state index is 0.111. The molecule has 41 heavy (non-hydrogen) atoms. The van der Waals surface area contributed by atoms with Crippen molar-refractivity contribution < 1.29 is 28.9 Å². The molecule has 0 spiro atoms. The van der Waals surface area contributed by atoms with Crippen LogP contribution in [0.25, 0.3) is 28.1 Å². The smallest absolute Gasteiger partial charge is 0.335 e. The van der Waals surface area contributed by atoms with Gasteiger partial charge in [-0.05, 0) is 78.6 Å². The van der Waals surface area contributed by atoms with E-state index in [0.29, 0.717) is 40.3 Å². The van der Waals surface area contributed by atoms with Gasteiger partial charge in [-0.25, -0.2) is 4.79 Å². The number of aromatic amines is 1. The molecule has 0 unspecified atom stereocenters. The van der Waals surface area contributed by atoms with Gasteiger partial charge in [0.15, 0.2) is 11.5 Å². The van der Waals surface area contributed by atoms with E-state index < -0.39 is 5.97 Å². The van der Waals surface area contributed by atoms with E-state index in [0.717, 1.165) is 33.3 Å². The number of H-pyrrole nitrogens is 1. The number of thioether (sulfide) groups is 1. The Morgan fingerprint density at radius 3 is 2.59 bits per heavy atom. The van der Waals surface area contributed by atoms with Crippen molar-refractivity contribution in [2.75, 3.05) is 27.4 Å². The maximum atomic E-state index is 13.2. The normalized spacial score (nSPS) is 14.2. The zero-order valence-electron chi connectivity index (χ0n) is 22.7. The van der Waals surface area contributed by atoms with Crippen LogP contribution in [-0.2, 0) is 4.79 Å². The van der Waals surface area contributed by atoms with Crippen molar-refractivity contribution in [3.8, 4) is 28.4 Å². The number of amides is 1. The summed E-state index contributed by atoms with van der Waals surface area (Å²) in [6, 6.07) is 16.5. The van der Waals surface area contributed by atoms with E-state index in [2.05, 4.69) is 30.1 Å². The van der Waals surface area contributed by atoms with Gasteiger partial charge in [-0.3, -0.25) is 9.69 Å². The van der Waals surface area contributed by atoms with Crippen molar-refractivity contribution in [1.82, 2.24) is 9.88 Å². The molecule has 8 nitrogen and oxygen atoms in total. The van der Waals surface area contributed by atoms with E-state index in [-0.39, 0.29) is 11.5 Å². The molecule has 0 bridgehead atoms. The van der Waals surface area contributed by atoms with E-state index >= 15 is 0 Å². The number of nitrogens with zero attached hydrogens (tertiary/aromatic N) is 1.